The molecule has 2 aromatic carbocycles. The quantitative estimate of drug-likeness (QED) is 0.124. The Hall–Kier alpha value is -2.04. The highest BCUT2D eigenvalue weighted by molar-refractivity contribution is 7.89. The van der Waals surface area contributed by atoms with Crippen LogP contribution >= 0.6 is 34.8 Å². The third-order valence-electron chi connectivity index (χ3n) is 7.39. The second-order valence-corrected chi connectivity index (χ2v) is 14.0. The number of carbonyl (C=O) groups is 2. The van der Waals surface area contributed by atoms with Gasteiger partial charge in [-0.2, -0.15) is 4.31 Å². The van der Waals surface area contributed by atoms with Crippen molar-refractivity contribution in [1.82, 2.24) is 4.31 Å². The Balaban J connectivity index is 1.52. The molecule has 0 aromatic heterocycles. The molecule has 1 unspecified atom stereocenters. The van der Waals surface area contributed by atoms with Crippen molar-refractivity contribution in [2.75, 3.05) is 22.9 Å². The van der Waals surface area contributed by atoms with Crippen LogP contribution in [0.15, 0.2) is 30.3 Å². The van der Waals surface area contributed by atoms with Gasteiger partial charge >= 0.3 is 0 Å². The van der Waals surface area contributed by atoms with Crippen LogP contribution in [0.5, 0.6) is 5.75 Å². The number of phenolic OH excluding ortho intramolecular Hbond substituents is 1. The number of amides is 2. The summed E-state index contributed by atoms with van der Waals surface area (Å²) in [5, 5.41) is 16.3. The van der Waals surface area contributed by atoms with Crippen LogP contribution in [0.1, 0.15) is 94.3 Å². The zero-order valence-corrected chi connectivity index (χ0v) is 27.0. The summed E-state index contributed by atoms with van der Waals surface area (Å²) in [6.45, 7) is 2.49. The smallest absolute Gasteiger partial charge is 0.255 e. The van der Waals surface area contributed by atoms with Gasteiger partial charge in [-0.1, -0.05) is 99.5 Å². The molecular weight excluding hydrogens is 621 g/mol. The maximum Gasteiger partial charge on any atom is 0.255 e. The molecule has 1 aliphatic rings. The van der Waals surface area contributed by atoms with Crippen molar-refractivity contribution in [1.29, 1.82) is 0 Å². The second-order valence-electron chi connectivity index (χ2n) is 10.7. The van der Waals surface area contributed by atoms with Gasteiger partial charge in [-0.25, -0.2) is 8.42 Å². The zero-order chi connectivity index (χ0) is 30.7. The normalized spacial score (nSPS) is 15.6. The average molecular weight is 661 g/mol. The molecule has 12 heteroatoms. The fraction of sp³-hybridized carbons (Fsp3) is 0.533. The predicted octanol–water partition coefficient (Wildman–Crippen LogP) is 8.26. The summed E-state index contributed by atoms with van der Waals surface area (Å²) in [6, 6.07) is 6.01. The van der Waals surface area contributed by atoms with E-state index in [0.29, 0.717) is 24.3 Å². The van der Waals surface area contributed by atoms with E-state index in [-0.39, 0.29) is 45.0 Å². The van der Waals surface area contributed by atoms with E-state index in [1.807, 2.05) is 0 Å². The lowest BCUT2D eigenvalue weighted by molar-refractivity contribution is -0.119. The molecule has 0 saturated carbocycles. The Labute approximate surface area is 264 Å². The minimum absolute atomic E-state index is 0.0159. The van der Waals surface area contributed by atoms with Gasteiger partial charge in [0.25, 0.3) is 5.91 Å². The summed E-state index contributed by atoms with van der Waals surface area (Å²) in [5.74, 6) is -1.39. The molecule has 0 bridgehead atoms. The van der Waals surface area contributed by atoms with Crippen LogP contribution in [-0.2, 0) is 14.8 Å². The van der Waals surface area contributed by atoms with E-state index in [1.165, 1.54) is 73.2 Å². The first-order chi connectivity index (χ1) is 20.0. The predicted molar refractivity (Wildman–Crippen MR) is 172 cm³/mol. The summed E-state index contributed by atoms with van der Waals surface area (Å²) >= 11 is 18.2. The van der Waals surface area contributed by atoms with Crippen molar-refractivity contribution >= 4 is 68.0 Å². The van der Waals surface area contributed by atoms with Crippen molar-refractivity contribution < 1.29 is 23.1 Å². The third-order valence-corrected chi connectivity index (χ3v) is 10.4. The van der Waals surface area contributed by atoms with E-state index in [2.05, 4.69) is 17.6 Å². The maximum absolute atomic E-state index is 13.1. The van der Waals surface area contributed by atoms with Crippen LogP contribution in [-0.4, -0.2) is 48.0 Å². The van der Waals surface area contributed by atoms with E-state index in [1.54, 1.807) is 0 Å². The first-order valence-electron chi connectivity index (χ1n) is 14.6. The highest BCUT2D eigenvalue weighted by Gasteiger charge is 2.38. The van der Waals surface area contributed by atoms with Crippen LogP contribution in [0.25, 0.3) is 0 Å². The van der Waals surface area contributed by atoms with Gasteiger partial charge < -0.3 is 15.7 Å². The number of carbonyl (C=O) groups excluding carboxylic acids is 2. The Kier molecular flexibility index (Phi) is 13.7. The number of hydrogen-bond acceptors (Lipinski definition) is 5. The fourth-order valence-corrected chi connectivity index (χ4v) is 7.34. The van der Waals surface area contributed by atoms with Gasteiger partial charge in [0, 0.05) is 18.2 Å². The number of halogens is 3. The van der Waals surface area contributed by atoms with Crippen molar-refractivity contribution in [3.05, 3.63) is 51.0 Å². The van der Waals surface area contributed by atoms with Crippen molar-refractivity contribution in [3.8, 4) is 5.75 Å². The number of phenols is 1. The molecule has 8 nitrogen and oxygen atoms in total. The molecule has 3 N–H and O–H groups in total. The van der Waals surface area contributed by atoms with E-state index >= 15 is 0 Å². The highest BCUT2D eigenvalue weighted by Crippen LogP contribution is 2.35. The van der Waals surface area contributed by atoms with Gasteiger partial charge in [-0.05, 0) is 43.5 Å². The van der Waals surface area contributed by atoms with Crippen molar-refractivity contribution in [2.24, 2.45) is 0 Å². The molecule has 232 valence electrons. The highest BCUT2D eigenvalue weighted by atomic mass is 35.5. The maximum atomic E-state index is 13.1. The largest absolute Gasteiger partial charge is 0.506 e. The van der Waals surface area contributed by atoms with E-state index in [9.17, 15) is 23.1 Å². The lowest BCUT2D eigenvalue weighted by Gasteiger charge is -2.23. The van der Waals surface area contributed by atoms with Crippen LogP contribution in [0.4, 0.5) is 11.4 Å². The lowest BCUT2D eigenvalue weighted by Crippen LogP contribution is -2.44. The number of nitrogens with one attached hydrogen (secondary N) is 2. The standard InChI is InChI=1S/C30H40Cl3N3O5S/c1-2-3-4-5-6-7-8-9-10-11-17-42(40,41)36-16-12-13-27(36)30(39)34-25-20-28(37)26(19-24(25)33)35-29(38)21-14-15-22(31)23(32)18-21/h14-15,18-20,27,37H,2-13,16-17H2,1H3,(H,34,39)(H,35,38). The Morgan fingerprint density at radius 1 is 0.857 bits per heavy atom. The molecule has 0 radical (unpaired) electrons. The summed E-state index contributed by atoms with van der Waals surface area (Å²) in [5.41, 5.74) is 0.346. The number of benzene rings is 2. The molecule has 0 aliphatic carbocycles. The van der Waals surface area contributed by atoms with E-state index in [4.69, 9.17) is 34.8 Å². The zero-order valence-electron chi connectivity index (χ0n) is 23.9. The molecule has 2 amide bonds. The topological polar surface area (TPSA) is 116 Å². The molecular formula is C30H40Cl3N3O5S. The monoisotopic (exact) mass is 659 g/mol. The summed E-state index contributed by atoms with van der Waals surface area (Å²) < 4.78 is 27.5. The number of nitrogens with zero attached hydrogens (tertiary/aromatic N) is 1. The summed E-state index contributed by atoms with van der Waals surface area (Å²) in [7, 11) is -3.60. The second kappa shape index (κ2) is 16.7. The Morgan fingerprint density at radius 2 is 1.50 bits per heavy atom. The number of sulfonamides is 1. The SMILES string of the molecule is CCCCCCCCCCCCS(=O)(=O)N1CCCC1C(=O)Nc1cc(O)c(NC(=O)c2ccc(Cl)c(Cl)c2)cc1Cl. The fourth-order valence-electron chi connectivity index (χ4n) is 5.03. The summed E-state index contributed by atoms with van der Waals surface area (Å²) in [6.07, 6.45) is 12.0. The van der Waals surface area contributed by atoms with Crippen molar-refractivity contribution in [2.45, 2.75) is 90.0 Å². The molecule has 2 aromatic rings. The number of hydrogen-bond donors (Lipinski definition) is 3. The lowest BCUT2D eigenvalue weighted by atomic mass is 10.1. The Morgan fingerprint density at radius 3 is 2.14 bits per heavy atom. The van der Waals surface area contributed by atoms with Crippen LogP contribution in [0, 0.1) is 0 Å². The average Bonchev–Trinajstić information content (AvgIpc) is 3.45. The van der Waals surface area contributed by atoms with Crippen LogP contribution < -0.4 is 10.6 Å². The van der Waals surface area contributed by atoms with Gasteiger partial charge in [-0.15, -0.1) is 0 Å². The van der Waals surface area contributed by atoms with Gasteiger partial charge in [0.2, 0.25) is 15.9 Å². The minimum Gasteiger partial charge on any atom is -0.506 e. The molecule has 1 aliphatic heterocycles. The van der Waals surface area contributed by atoms with Crippen molar-refractivity contribution in [3.63, 3.8) is 0 Å². The Bertz CT molecular complexity index is 1340. The number of aromatic hydroxyl groups is 1. The van der Waals surface area contributed by atoms with Gasteiger partial charge in [0.1, 0.15) is 11.8 Å². The molecule has 1 atom stereocenters. The number of anilines is 2. The van der Waals surface area contributed by atoms with E-state index < -0.39 is 27.9 Å². The molecule has 1 fully saturated rings. The molecule has 3 rings (SSSR count). The molecule has 1 saturated heterocycles. The van der Waals surface area contributed by atoms with Gasteiger partial charge in [0.05, 0.1) is 32.2 Å². The number of unbranched alkanes of at least 4 members (excludes halogenated alkanes) is 9. The van der Waals surface area contributed by atoms with E-state index in [0.717, 1.165) is 19.3 Å². The molecule has 42 heavy (non-hydrogen) atoms. The summed E-state index contributed by atoms with van der Waals surface area (Å²) in [4.78, 5) is 25.7. The van der Waals surface area contributed by atoms with Gasteiger partial charge in [-0.3, -0.25) is 9.59 Å². The molecule has 0 spiro atoms. The number of rotatable bonds is 16. The van der Waals surface area contributed by atoms with Gasteiger partial charge in [0.15, 0.2) is 0 Å². The van der Waals surface area contributed by atoms with Crippen LogP contribution in [0.3, 0.4) is 0 Å². The first kappa shape index (κ1) is 34.5. The minimum atomic E-state index is -3.60. The third kappa shape index (κ3) is 10.0. The first-order valence-corrected chi connectivity index (χ1v) is 17.4. The van der Waals surface area contributed by atoms with Crippen LogP contribution in [0.2, 0.25) is 15.1 Å². The molecule has 1 heterocycles.